The molecule has 7 nitrogen and oxygen atoms in total. The molecule has 4 aromatic rings. The normalized spacial score (nSPS) is 11.8. The summed E-state index contributed by atoms with van der Waals surface area (Å²) < 4.78 is 12.6. The summed E-state index contributed by atoms with van der Waals surface area (Å²) in [7, 11) is 0. The van der Waals surface area contributed by atoms with Gasteiger partial charge in [-0.2, -0.15) is 9.78 Å². The number of fused-ring (bicyclic) bond motifs is 1. The van der Waals surface area contributed by atoms with E-state index in [1.54, 1.807) is 6.07 Å². The van der Waals surface area contributed by atoms with E-state index < -0.39 is 6.09 Å². The van der Waals surface area contributed by atoms with Crippen LogP contribution in [0.5, 0.6) is 5.75 Å². The van der Waals surface area contributed by atoms with Gasteiger partial charge in [0.25, 0.3) is 0 Å². The Morgan fingerprint density at radius 3 is 2.11 bits per heavy atom. The third kappa shape index (κ3) is 6.50. The second-order valence-electron chi connectivity index (χ2n) is 9.82. The van der Waals surface area contributed by atoms with Crippen molar-refractivity contribution in [3.63, 3.8) is 0 Å². The molecule has 0 bridgehead atoms. The van der Waals surface area contributed by atoms with E-state index in [1.807, 2.05) is 45.0 Å². The van der Waals surface area contributed by atoms with Crippen LogP contribution in [0.25, 0.3) is 10.9 Å². The molecule has 0 atom stereocenters. The van der Waals surface area contributed by atoms with Crippen LogP contribution in [0, 0.1) is 0 Å². The molecule has 0 amide bonds. The van der Waals surface area contributed by atoms with Crippen LogP contribution >= 0.6 is 0 Å². The molecule has 0 aliphatic carbocycles. The summed E-state index contributed by atoms with van der Waals surface area (Å²) in [5.41, 5.74) is 3.46. The van der Waals surface area contributed by atoms with Gasteiger partial charge in [-0.25, -0.2) is 4.79 Å². The van der Waals surface area contributed by atoms with Crippen LogP contribution in [0.4, 0.5) is 4.79 Å². The van der Waals surface area contributed by atoms with Gasteiger partial charge < -0.3 is 14.6 Å². The summed E-state index contributed by atoms with van der Waals surface area (Å²) in [5, 5.41) is 14.7. The van der Waals surface area contributed by atoms with Crippen molar-refractivity contribution in [2.45, 2.75) is 39.3 Å². The average Bonchev–Trinajstić information content (AvgIpc) is 3.25. The monoisotopic (exact) mass is 487 g/mol. The maximum atomic E-state index is 11.7. The molecule has 3 aromatic carbocycles. The number of hydrogen-bond acceptors (Lipinski definition) is 5. The van der Waals surface area contributed by atoms with E-state index in [9.17, 15) is 9.90 Å². The molecule has 0 unspecified atom stereocenters. The first-order valence-corrected chi connectivity index (χ1v) is 12.1. The fourth-order valence-corrected chi connectivity index (χ4v) is 4.14. The van der Waals surface area contributed by atoms with Gasteiger partial charge in [-0.3, -0.25) is 4.90 Å². The average molecular weight is 488 g/mol. The lowest BCUT2D eigenvalue weighted by molar-refractivity contribution is 0.00367. The number of carboxylic acid groups (broad SMARTS) is 1. The lowest BCUT2D eigenvalue weighted by atomic mass is 9.90. The van der Waals surface area contributed by atoms with E-state index in [0.29, 0.717) is 17.9 Å². The van der Waals surface area contributed by atoms with Crippen molar-refractivity contribution < 1.29 is 19.4 Å². The van der Waals surface area contributed by atoms with Crippen LogP contribution in [0.1, 0.15) is 37.6 Å². The fourth-order valence-electron chi connectivity index (χ4n) is 4.14. The minimum Gasteiger partial charge on any atom is -0.467 e. The number of nitrogens with zero attached hydrogens (tertiary/aromatic N) is 3. The number of benzene rings is 3. The summed E-state index contributed by atoms with van der Waals surface area (Å²) >= 11 is 0. The second-order valence-corrected chi connectivity index (χ2v) is 9.82. The molecule has 0 saturated heterocycles. The van der Waals surface area contributed by atoms with Gasteiger partial charge in [0, 0.05) is 36.5 Å². The highest BCUT2D eigenvalue weighted by Gasteiger charge is 2.24. The minimum atomic E-state index is -1.12. The third-order valence-corrected chi connectivity index (χ3v) is 5.90. The molecule has 7 heteroatoms. The Kier molecular flexibility index (Phi) is 8.03. The van der Waals surface area contributed by atoms with Crippen LogP contribution in [-0.4, -0.2) is 45.8 Å². The first kappa shape index (κ1) is 25.4. The smallest absolute Gasteiger partial charge is 0.432 e. The lowest BCUT2D eigenvalue weighted by Crippen LogP contribution is -2.27. The molecular weight excluding hydrogens is 454 g/mol. The van der Waals surface area contributed by atoms with Crippen LogP contribution in [0.15, 0.2) is 78.9 Å². The van der Waals surface area contributed by atoms with Crippen molar-refractivity contribution in [1.82, 2.24) is 14.7 Å². The Labute approximate surface area is 211 Å². The zero-order chi connectivity index (χ0) is 25.5. The number of aromatic nitrogens is 2. The summed E-state index contributed by atoms with van der Waals surface area (Å²) in [6.45, 7) is 9.01. The Hall–Kier alpha value is -3.68. The molecule has 36 heavy (non-hydrogen) atoms. The molecule has 1 N–H and O–H groups in total. The van der Waals surface area contributed by atoms with Crippen LogP contribution in [0.3, 0.4) is 0 Å². The summed E-state index contributed by atoms with van der Waals surface area (Å²) in [6.07, 6.45) is -1.12. The molecule has 0 saturated carbocycles. The molecular formula is C29H33N3O4. The van der Waals surface area contributed by atoms with E-state index in [-0.39, 0.29) is 12.2 Å². The molecule has 0 aliphatic heterocycles. The standard InChI is InChI=1S/C29H33N3O4/c1-29(2,3)27-25-15-14-24(18-26(25)32(30-27)28(33)34)36-21-35-17-16-31(19-22-10-6-4-7-11-22)20-23-12-8-5-9-13-23/h4-15,18H,16-17,19-21H2,1-3H3,(H,33,34). The second kappa shape index (κ2) is 11.4. The third-order valence-electron chi connectivity index (χ3n) is 5.90. The topological polar surface area (TPSA) is 76.8 Å². The fraction of sp³-hybridized carbons (Fsp3) is 0.310. The molecule has 1 aromatic heterocycles. The lowest BCUT2D eigenvalue weighted by Gasteiger charge is -2.22. The van der Waals surface area contributed by atoms with Crippen molar-refractivity contribution >= 4 is 17.0 Å². The van der Waals surface area contributed by atoms with Gasteiger partial charge in [-0.1, -0.05) is 81.4 Å². The van der Waals surface area contributed by atoms with Gasteiger partial charge in [-0.15, -0.1) is 0 Å². The van der Waals surface area contributed by atoms with Gasteiger partial charge in [0.1, 0.15) is 5.75 Å². The molecule has 4 rings (SSSR count). The van der Waals surface area contributed by atoms with Gasteiger partial charge in [-0.05, 0) is 23.3 Å². The SMILES string of the molecule is CC(C)(C)c1nn(C(=O)O)c2cc(OCOCCN(Cc3ccccc3)Cc3ccccc3)ccc12. The molecule has 0 aliphatic rings. The number of ether oxygens (including phenoxy) is 2. The van der Waals surface area contributed by atoms with E-state index in [1.165, 1.54) is 11.1 Å². The highest BCUT2D eigenvalue weighted by Crippen LogP contribution is 2.31. The Morgan fingerprint density at radius 1 is 0.944 bits per heavy atom. The summed E-state index contributed by atoms with van der Waals surface area (Å²) in [5.74, 6) is 0.538. The number of rotatable bonds is 10. The largest absolute Gasteiger partial charge is 0.467 e. The minimum absolute atomic E-state index is 0.0728. The van der Waals surface area contributed by atoms with Crippen molar-refractivity contribution in [3.05, 3.63) is 95.7 Å². The first-order chi connectivity index (χ1) is 17.3. The molecule has 0 fully saturated rings. The predicted octanol–water partition coefficient (Wildman–Crippen LogP) is 5.92. The van der Waals surface area contributed by atoms with Crippen molar-refractivity contribution in [2.24, 2.45) is 0 Å². The Bertz CT molecular complexity index is 1240. The first-order valence-electron chi connectivity index (χ1n) is 12.1. The Morgan fingerprint density at radius 2 is 1.56 bits per heavy atom. The number of hydrogen-bond donors (Lipinski definition) is 1. The van der Waals surface area contributed by atoms with Crippen molar-refractivity contribution in [2.75, 3.05) is 19.9 Å². The van der Waals surface area contributed by atoms with Crippen molar-refractivity contribution in [1.29, 1.82) is 0 Å². The van der Waals surface area contributed by atoms with Gasteiger partial charge in [0.15, 0.2) is 6.79 Å². The molecule has 188 valence electrons. The van der Waals surface area contributed by atoms with E-state index >= 15 is 0 Å². The van der Waals surface area contributed by atoms with Crippen LogP contribution < -0.4 is 4.74 Å². The van der Waals surface area contributed by atoms with Crippen molar-refractivity contribution in [3.8, 4) is 5.75 Å². The summed E-state index contributed by atoms with van der Waals surface area (Å²) in [6, 6.07) is 26.2. The zero-order valence-corrected chi connectivity index (χ0v) is 21.1. The number of carbonyl (C=O) groups is 1. The quantitative estimate of drug-likeness (QED) is 0.221. The van der Waals surface area contributed by atoms with Crippen LogP contribution in [-0.2, 0) is 23.2 Å². The zero-order valence-electron chi connectivity index (χ0n) is 21.1. The predicted molar refractivity (Wildman–Crippen MR) is 140 cm³/mol. The van der Waals surface area contributed by atoms with Gasteiger partial charge in [0.05, 0.1) is 17.8 Å². The maximum Gasteiger partial charge on any atom is 0.432 e. The Balaban J connectivity index is 1.36. The van der Waals surface area contributed by atoms with E-state index in [4.69, 9.17) is 9.47 Å². The highest BCUT2D eigenvalue weighted by molar-refractivity contribution is 5.90. The van der Waals surface area contributed by atoms with Gasteiger partial charge >= 0.3 is 6.09 Å². The molecule has 0 radical (unpaired) electrons. The van der Waals surface area contributed by atoms with Gasteiger partial charge in [0.2, 0.25) is 0 Å². The molecule has 1 heterocycles. The molecule has 0 spiro atoms. The van der Waals surface area contributed by atoms with E-state index in [2.05, 4.69) is 58.5 Å². The summed E-state index contributed by atoms with van der Waals surface area (Å²) in [4.78, 5) is 14.1. The van der Waals surface area contributed by atoms with E-state index in [0.717, 1.165) is 35.4 Å². The highest BCUT2D eigenvalue weighted by atomic mass is 16.7. The van der Waals surface area contributed by atoms with Crippen LogP contribution in [0.2, 0.25) is 0 Å². The maximum absolute atomic E-state index is 11.7.